The lowest BCUT2D eigenvalue weighted by molar-refractivity contribution is -0.121. The van der Waals surface area contributed by atoms with Crippen molar-refractivity contribution in [2.24, 2.45) is 0 Å². The van der Waals surface area contributed by atoms with Gasteiger partial charge in [-0.05, 0) is 56.3 Å². The molecular weight excluding hydrogens is 523 g/mol. The second-order valence-corrected chi connectivity index (χ2v) is 10.7. The zero-order chi connectivity index (χ0) is 29.6. The minimum atomic E-state index is -0.222. The average molecular weight is 569 g/mol. The zero-order valence-corrected chi connectivity index (χ0v) is 24.7. The molecule has 2 amide bonds. The molecule has 8 nitrogen and oxygen atoms in total. The van der Waals surface area contributed by atoms with Crippen molar-refractivity contribution in [1.29, 1.82) is 0 Å². The first kappa shape index (κ1) is 32.4. The Bertz CT molecular complexity index is 1120. The van der Waals surface area contributed by atoms with Crippen LogP contribution in [0.15, 0.2) is 55.1 Å². The molecule has 9 heteroatoms. The second kappa shape index (κ2) is 17.0. The summed E-state index contributed by atoms with van der Waals surface area (Å²) < 4.78 is 25.4. The van der Waals surface area contributed by atoms with Crippen LogP contribution in [0.4, 0.5) is 4.39 Å². The maximum absolute atomic E-state index is 14.5. The van der Waals surface area contributed by atoms with E-state index in [1.165, 1.54) is 11.6 Å². The normalized spacial score (nSPS) is 17.1. The molecule has 1 aliphatic heterocycles. The number of benzene rings is 2. The molecule has 0 saturated carbocycles. The van der Waals surface area contributed by atoms with Gasteiger partial charge in [0.05, 0.1) is 26.4 Å². The van der Waals surface area contributed by atoms with Crippen LogP contribution in [0.25, 0.3) is 0 Å². The first-order chi connectivity index (χ1) is 19.8. The first-order valence-electron chi connectivity index (χ1n) is 14.3. The molecule has 2 N–H and O–H groups in total. The molecule has 0 radical (unpaired) electrons. The van der Waals surface area contributed by atoms with Crippen molar-refractivity contribution in [2.45, 2.75) is 38.3 Å². The summed E-state index contributed by atoms with van der Waals surface area (Å²) in [6, 6.07) is 14.1. The predicted molar refractivity (Wildman–Crippen MR) is 159 cm³/mol. The lowest BCUT2D eigenvalue weighted by atomic mass is 9.91. The number of carbonyl (C=O) groups is 2. The molecule has 3 rings (SSSR count). The Balaban J connectivity index is 1.39. The molecule has 1 aliphatic rings. The summed E-state index contributed by atoms with van der Waals surface area (Å²) in [6.45, 7) is 10.2. The van der Waals surface area contributed by atoms with Crippen LogP contribution in [-0.2, 0) is 32.0 Å². The molecule has 41 heavy (non-hydrogen) atoms. The van der Waals surface area contributed by atoms with E-state index in [1.54, 1.807) is 12.1 Å². The molecule has 0 unspecified atom stereocenters. The maximum atomic E-state index is 14.5. The van der Waals surface area contributed by atoms with E-state index in [-0.39, 0.29) is 17.6 Å². The van der Waals surface area contributed by atoms with Crippen LogP contribution < -0.4 is 10.6 Å². The summed E-state index contributed by atoms with van der Waals surface area (Å²) in [5.41, 5.74) is 4.15. The number of likely N-dealkylation sites (N-methyl/N-ethyl adjacent to an activating group) is 1. The van der Waals surface area contributed by atoms with Crippen molar-refractivity contribution in [3.05, 3.63) is 83.2 Å². The number of likely N-dealkylation sites (tertiary alicyclic amines) is 1. The Kier molecular flexibility index (Phi) is 13.4. The fraction of sp³-hybridized carbons (Fsp3) is 0.500. The van der Waals surface area contributed by atoms with Crippen LogP contribution in [0.3, 0.4) is 0 Å². The molecular formula is C32H45FN4O4. The number of aryl methyl sites for hydroxylation is 2. The topological polar surface area (TPSA) is 83.1 Å². The van der Waals surface area contributed by atoms with E-state index in [9.17, 15) is 14.0 Å². The van der Waals surface area contributed by atoms with Gasteiger partial charge >= 0.3 is 0 Å². The number of amides is 2. The van der Waals surface area contributed by atoms with Crippen LogP contribution in [0.2, 0.25) is 0 Å². The molecule has 1 saturated heterocycles. The van der Waals surface area contributed by atoms with Gasteiger partial charge in [-0.15, -0.1) is 0 Å². The molecule has 2 atom stereocenters. The fourth-order valence-electron chi connectivity index (χ4n) is 5.16. The van der Waals surface area contributed by atoms with E-state index >= 15 is 0 Å². The third kappa shape index (κ3) is 10.7. The largest absolute Gasteiger partial charge is 0.377 e. The highest BCUT2D eigenvalue weighted by Crippen LogP contribution is 2.32. The van der Waals surface area contributed by atoms with Gasteiger partial charge in [-0.2, -0.15) is 0 Å². The number of nitrogens with zero attached hydrogens (tertiary/aromatic N) is 2. The zero-order valence-electron chi connectivity index (χ0n) is 24.7. The van der Waals surface area contributed by atoms with Gasteiger partial charge < -0.3 is 25.0 Å². The average Bonchev–Trinajstić information content (AvgIpc) is 3.39. The van der Waals surface area contributed by atoms with E-state index in [2.05, 4.69) is 65.4 Å². The minimum Gasteiger partial charge on any atom is -0.377 e. The molecule has 224 valence electrons. The lowest BCUT2D eigenvalue weighted by Gasteiger charge is -2.26. The van der Waals surface area contributed by atoms with Crippen LogP contribution >= 0.6 is 0 Å². The molecule has 1 fully saturated rings. The Labute approximate surface area is 243 Å². The Hall–Kier alpha value is -3.11. The van der Waals surface area contributed by atoms with E-state index in [1.807, 2.05) is 13.0 Å². The highest BCUT2D eigenvalue weighted by atomic mass is 19.1. The molecule has 0 aliphatic carbocycles. The molecule has 2 aromatic rings. The third-order valence-corrected chi connectivity index (χ3v) is 7.45. The van der Waals surface area contributed by atoms with Crippen LogP contribution in [-0.4, -0.2) is 94.4 Å². The van der Waals surface area contributed by atoms with Crippen LogP contribution in [0.1, 0.15) is 34.6 Å². The van der Waals surface area contributed by atoms with Gasteiger partial charge in [-0.25, -0.2) is 4.39 Å². The van der Waals surface area contributed by atoms with E-state index in [0.29, 0.717) is 70.9 Å². The van der Waals surface area contributed by atoms with E-state index < -0.39 is 0 Å². The highest BCUT2D eigenvalue weighted by Gasteiger charge is 2.35. The van der Waals surface area contributed by atoms with Crippen molar-refractivity contribution in [3.8, 4) is 0 Å². The van der Waals surface area contributed by atoms with Gasteiger partial charge in [-0.1, -0.05) is 43.0 Å². The quantitative estimate of drug-likeness (QED) is 0.226. The van der Waals surface area contributed by atoms with E-state index in [0.717, 1.165) is 29.8 Å². The molecule has 0 spiro atoms. The number of hydrogen-bond donors (Lipinski definition) is 2. The van der Waals surface area contributed by atoms with Crippen LogP contribution in [0.5, 0.6) is 0 Å². The number of nitrogens with one attached hydrogen (secondary N) is 2. The molecule has 2 aromatic carbocycles. The number of rotatable bonds is 17. The number of ether oxygens (including phenoxy) is 2. The predicted octanol–water partition coefficient (Wildman–Crippen LogP) is 3.05. The van der Waals surface area contributed by atoms with Gasteiger partial charge in [0.25, 0.3) is 0 Å². The molecule has 1 heterocycles. The molecule has 0 aromatic heterocycles. The summed E-state index contributed by atoms with van der Waals surface area (Å²) >= 11 is 0. The highest BCUT2D eigenvalue weighted by molar-refractivity contribution is 5.86. The molecule has 0 bridgehead atoms. The fourth-order valence-corrected chi connectivity index (χ4v) is 5.16. The second-order valence-electron chi connectivity index (χ2n) is 10.7. The van der Waals surface area contributed by atoms with Crippen molar-refractivity contribution >= 4 is 11.8 Å². The van der Waals surface area contributed by atoms with Gasteiger partial charge in [0.15, 0.2) is 0 Å². The van der Waals surface area contributed by atoms with E-state index in [4.69, 9.17) is 9.47 Å². The standard InChI is InChI=1S/C32H45FN4O4/c1-5-31(38)34-14-16-40-18-19-41-17-15-35-32(39)13-12-25-9-7-10-26(20-25)28-22-37(23-30(28)36(3)4)21-27-24(2)8-6-11-29(27)33/h5-11,20,28,30H,1,12-19,21-23H2,2-4H3,(H,34,38)(H,35,39)/t28-,30+/m1/s1. The van der Waals surface area contributed by atoms with Crippen molar-refractivity contribution in [3.63, 3.8) is 0 Å². The summed E-state index contributed by atoms with van der Waals surface area (Å²) in [6.07, 6.45) is 2.29. The Morgan fingerprint density at radius 2 is 1.76 bits per heavy atom. The Morgan fingerprint density at radius 1 is 1.05 bits per heavy atom. The summed E-state index contributed by atoms with van der Waals surface area (Å²) in [7, 11) is 4.21. The summed E-state index contributed by atoms with van der Waals surface area (Å²) in [5, 5.41) is 5.54. The van der Waals surface area contributed by atoms with Crippen LogP contribution in [0, 0.1) is 12.7 Å². The van der Waals surface area contributed by atoms with Crippen molar-refractivity contribution in [1.82, 2.24) is 20.4 Å². The van der Waals surface area contributed by atoms with Crippen molar-refractivity contribution < 1.29 is 23.5 Å². The third-order valence-electron chi connectivity index (χ3n) is 7.45. The smallest absolute Gasteiger partial charge is 0.243 e. The lowest BCUT2D eigenvalue weighted by Crippen LogP contribution is -2.34. The first-order valence-corrected chi connectivity index (χ1v) is 14.3. The Morgan fingerprint density at radius 3 is 2.44 bits per heavy atom. The maximum Gasteiger partial charge on any atom is 0.243 e. The van der Waals surface area contributed by atoms with Gasteiger partial charge in [-0.3, -0.25) is 14.5 Å². The number of carbonyl (C=O) groups excluding carboxylic acids is 2. The SMILES string of the molecule is C=CC(=O)NCCOCCOCCNC(=O)CCc1cccc([C@H]2CN(Cc3c(C)cccc3F)C[C@@H]2N(C)C)c1. The number of hydrogen-bond acceptors (Lipinski definition) is 6. The van der Waals surface area contributed by atoms with Crippen molar-refractivity contribution in [2.75, 3.05) is 66.7 Å². The summed E-state index contributed by atoms with van der Waals surface area (Å²) in [5.74, 6) is -0.0667. The van der Waals surface area contributed by atoms with Gasteiger partial charge in [0.1, 0.15) is 5.82 Å². The summed E-state index contributed by atoms with van der Waals surface area (Å²) in [4.78, 5) is 28.0. The number of halogens is 1. The van der Waals surface area contributed by atoms with Gasteiger partial charge in [0, 0.05) is 56.7 Å². The monoisotopic (exact) mass is 568 g/mol. The minimum absolute atomic E-state index is 0.00770. The van der Waals surface area contributed by atoms with Gasteiger partial charge in [0.2, 0.25) is 11.8 Å².